The predicted octanol–water partition coefficient (Wildman–Crippen LogP) is 4.55. The fraction of sp³-hybridized carbons (Fsp3) is 0.241. The number of benzene rings is 3. The topological polar surface area (TPSA) is 105 Å². The first kappa shape index (κ1) is 26.4. The van der Waals surface area contributed by atoms with Gasteiger partial charge >= 0.3 is 12.0 Å². The molecular weight excluding hydrogens is 486 g/mol. The summed E-state index contributed by atoms with van der Waals surface area (Å²) in [5.41, 5.74) is 2.77. The quantitative estimate of drug-likeness (QED) is 0.331. The van der Waals surface area contributed by atoms with Crippen molar-refractivity contribution in [1.29, 1.82) is 0 Å². The molecule has 1 heterocycles. The summed E-state index contributed by atoms with van der Waals surface area (Å²) in [6, 6.07) is 19.1. The summed E-state index contributed by atoms with van der Waals surface area (Å²) in [5.74, 6) is -0.844. The molecule has 1 atom stereocenters. The van der Waals surface area contributed by atoms with E-state index in [1.54, 1.807) is 68.6 Å². The van der Waals surface area contributed by atoms with E-state index in [0.717, 1.165) is 16.0 Å². The molecule has 0 bridgehead atoms. The Balaban J connectivity index is 1.59. The first-order chi connectivity index (χ1) is 18.3. The highest BCUT2D eigenvalue weighted by Gasteiger charge is 2.46. The van der Waals surface area contributed by atoms with E-state index < -0.39 is 29.9 Å². The summed E-state index contributed by atoms with van der Waals surface area (Å²) >= 11 is 0. The summed E-state index contributed by atoms with van der Waals surface area (Å²) in [6.45, 7) is 3.92. The molecule has 1 unspecified atom stereocenters. The average Bonchev–Trinajstić information content (AvgIpc) is 3.12. The van der Waals surface area contributed by atoms with Crippen LogP contribution >= 0.6 is 0 Å². The summed E-state index contributed by atoms with van der Waals surface area (Å²) in [6.07, 6.45) is -0.263. The van der Waals surface area contributed by atoms with Crippen LogP contribution in [0.2, 0.25) is 0 Å². The third-order valence-electron chi connectivity index (χ3n) is 6.10. The number of hydrogen-bond acceptors (Lipinski definition) is 6. The number of nitrogens with zero attached hydrogens (tertiary/aromatic N) is 2. The molecule has 0 spiro atoms. The van der Waals surface area contributed by atoms with Crippen LogP contribution in [-0.4, -0.2) is 48.5 Å². The van der Waals surface area contributed by atoms with Gasteiger partial charge in [0.2, 0.25) is 5.91 Å². The van der Waals surface area contributed by atoms with Gasteiger partial charge in [0.1, 0.15) is 11.8 Å². The zero-order valence-electron chi connectivity index (χ0n) is 21.5. The van der Waals surface area contributed by atoms with Crippen molar-refractivity contribution in [3.05, 3.63) is 89.5 Å². The third kappa shape index (κ3) is 5.83. The van der Waals surface area contributed by atoms with Crippen LogP contribution in [-0.2, 0) is 20.9 Å². The zero-order chi connectivity index (χ0) is 27.2. The van der Waals surface area contributed by atoms with E-state index in [1.807, 2.05) is 19.1 Å². The van der Waals surface area contributed by atoms with Crippen molar-refractivity contribution in [2.45, 2.75) is 32.9 Å². The maximum Gasteiger partial charge on any atom is 0.338 e. The van der Waals surface area contributed by atoms with Crippen LogP contribution in [0.4, 0.5) is 16.2 Å². The van der Waals surface area contributed by atoms with Crippen LogP contribution < -0.4 is 15.0 Å². The Morgan fingerprint density at radius 2 is 1.74 bits per heavy atom. The molecule has 4 amide bonds. The summed E-state index contributed by atoms with van der Waals surface area (Å²) in [7, 11) is 1.55. The van der Waals surface area contributed by atoms with E-state index >= 15 is 0 Å². The van der Waals surface area contributed by atoms with Crippen LogP contribution in [0.25, 0.3) is 0 Å². The lowest BCUT2D eigenvalue weighted by Crippen LogP contribution is -2.37. The largest absolute Gasteiger partial charge is 0.497 e. The van der Waals surface area contributed by atoms with Gasteiger partial charge in [0, 0.05) is 12.2 Å². The minimum Gasteiger partial charge on any atom is -0.497 e. The molecule has 1 aliphatic heterocycles. The first-order valence-corrected chi connectivity index (χ1v) is 12.2. The highest BCUT2D eigenvalue weighted by molar-refractivity contribution is 6.22. The molecule has 0 aromatic heterocycles. The fourth-order valence-electron chi connectivity index (χ4n) is 4.31. The number of ether oxygens (including phenoxy) is 2. The van der Waals surface area contributed by atoms with Gasteiger partial charge in [-0.05, 0) is 67.4 Å². The van der Waals surface area contributed by atoms with Gasteiger partial charge in [-0.1, -0.05) is 30.3 Å². The van der Waals surface area contributed by atoms with Gasteiger partial charge in [-0.3, -0.25) is 9.59 Å². The first-order valence-electron chi connectivity index (χ1n) is 12.2. The number of carbonyl (C=O) groups is 4. The van der Waals surface area contributed by atoms with Crippen molar-refractivity contribution in [2.24, 2.45) is 0 Å². The number of amides is 4. The van der Waals surface area contributed by atoms with Crippen molar-refractivity contribution in [1.82, 2.24) is 4.90 Å². The Hall–Kier alpha value is -4.66. The highest BCUT2D eigenvalue weighted by atomic mass is 16.5. The number of carbonyl (C=O) groups excluding carboxylic acids is 4. The van der Waals surface area contributed by atoms with Crippen molar-refractivity contribution in [3.63, 3.8) is 0 Å². The molecule has 9 heteroatoms. The van der Waals surface area contributed by atoms with Crippen LogP contribution in [0.3, 0.4) is 0 Å². The van der Waals surface area contributed by atoms with Crippen LogP contribution in [0.1, 0.15) is 34.8 Å². The SMILES string of the molecule is CCOC(=O)c1cccc(NC(=O)CC2C(=O)N(c3cccc(C)c3)C(=O)N2Cc2cccc(OC)c2)c1. The zero-order valence-corrected chi connectivity index (χ0v) is 21.5. The fourth-order valence-corrected chi connectivity index (χ4v) is 4.31. The van der Waals surface area contributed by atoms with E-state index in [0.29, 0.717) is 22.7 Å². The molecule has 1 saturated heterocycles. The van der Waals surface area contributed by atoms with Gasteiger partial charge in [-0.2, -0.15) is 0 Å². The lowest BCUT2D eigenvalue weighted by molar-refractivity contribution is -0.124. The lowest BCUT2D eigenvalue weighted by atomic mass is 10.1. The minimum absolute atomic E-state index is 0.111. The molecule has 4 rings (SSSR count). The number of nitrogens with one attached hydrogen (secondary N) is 1. The van der Waals surface area contributed by atoms with Gasteiger partial charge in [0.05, 0.1) is 31.4 Å². The van der Waals surface area contributed by atoms with Gasteiger partial charge < -0.3 is 19.7 Å². The minimum atomic E-state index is -1.03. The van der Waals surface area contributed by atoms with Crippen LogP contribution in [0.5, 0.6) is 5.75 Å². The van der Waals surface area contributed by atoms with E-state index in [-0.39, 0.29) is 19.6 Å². The number of esters is 1. The number of urea groups is 1. The lowest BCUT2D eigenvalue weighted by Gasteiger charge is -2.22. The standard InChI is InChI=1S/C29H29N3O6/c1-4-38-28(35)21-10-7-11-22(16-21)30-26(33)17-25-27(34)32(23-12-5-8-19(2)14-23)29(36)31(25)18-20-9-6-13-24(15-20)37-3/h5-16,25H,4,17-18H2,1-3H3,(H,30,33). The molecule has 38 heavy (non-hydrogen) atoms. The number of hydrogen-bond donors (Lipinski definition) is 1. The Labute approximate surface area is 220 Å². The van der Waals surface area contributed by atoms with Gasteiger partial charge in [-0.15, -0.1) is 0 Å². The Morgan fingerprint density at radius 3 is 2.47 bits per heavy atom. The number of rotatable bonds is 9. The van der Waals surface area contributed by atoms with Crippen molar-refractivity contribution in [3.8, 4) is 5.75 Å². The number of methoxy groups -OCH3 is 1. The van der Waals surface area contributed by atoms with E-state index in [1.165, 1.54) is 11.0 Å². The molecule has 0 saturated carbocycles. The number of anilines is 2. The average molecular weight is 516 g/mol. The normalized spacial score (nSPS) is 15.0. The number of imide groups is 1. The molecular formula is C29H29N3O6. The Morgan fingerprint density at radius 1 is 0.974 bits per heavy atom. The second kappa shape index (κ2) is 11.6. The van der Waals surface area contributed by atoms with E-state index in [9.17, 15) is 19.2 Å². The summed E-state index contributed by atoms with van der Waals surface area (Å²) in [5, 5.41) is 2.73. The van der Waals surface area contributed by atoms with Crippen LogP contribution in [0.15, 0.2) is 72.8 Å². The number of aryl methyl sites for hydroxylation is 1. The molecule has 1 N–H and O–H groups in total. The van der Waals surface area contributed by atoms with Gasteiger partial charge in [0.25, 0.3) is 5.91 Å². The second-order valence-electron chi connectivity index (χ2n) is 8.84. The maximum absolute atomic E-state index is 13.6. The Bertz CT molecular complexity index is 1370. The van der Waals surface area contributed by atoms with Crippen LogP contribution in [0, 0.1) is 6.92 Å². The van der Waals surface area contributed by atoms with Crippen molar-refractivity contribution in [2.75, 3.05) is 23.9 Å². The molecule has 196 valence electrons. The highest BCUT2D eigenvalue weighted by Crippen LogP contribution is 2.30. The molecule has 3 aromatic carbocycles. The smallest absolute Gasteiger partial charge is 0.338 e. The molecule has 0 aliphatic carbocycles. The van der Waals surface area contributed by atoms with E-state index in [4.69, 9.17) is 9.47 Å². The maximum atomic E-state index is 13.6. The third-order valence-corrected chi connectivity index (χ3v) is 6.10. The molecule has 0 radical (unpaired) electrons. The molecule has 1 fully saturated rings. The van der Waals surface area contributed by atoms with Gasteiger partial charge in [0.15, 0.2) is 0 Å². The predicted molar refractivity (Wildman–Crippen MR) is 142 cm³/mol. The van der Waals surface area contributed by atoms with Crippen molar-refractivity contribution < 1.29 is 28.7 Å². The van der Waals surface area contributed by atoms with Crippen molar-refractivity contribution >= 4 is 35.2 Å². The van der Waals surface area contributed by atoms with E-state index in [2.05, 4.69) is 5.32 Å². The molecule has 3 aromatic rings. The molecule has 9 nitrogen and oxygen atoms in total. The summed E-state index contributed by atoms with van der Waals surface area (Å²) in [4.78, 5) is 54.7. The summed E-state index contributed by atoms with van der Waals surface area (Å²) < 4.78 is 10.3. The molecule has 1 aliphatic rings. The Kier molecular flexibility index (Phi) is 8.06. The monoisotopic (exact) mass is 515 g/mol. The second-order valence-corrected chi connectivity index (χ2v) is 8.84. The van der Waals surface area contributed by atoms with Gasteiger partial charge in [-0.25, -0.2) is 14.5 Å².